The van der Waals surface area contributed by atoms with Crippen molar-refractivity contribution in [2.24, 2.45) is 0 Å². The molecule has 1 aromatic heterocycles. The van der Waals surface area contributed by atoms with Crippen LogP contribution in [-0.2, 0) is 14.3 Å². The third kappa shape index (κ3) is 5.92. The summed E-state index contributed by atoms with van der Waals surface area (Å²) in [5.41, 5.74) is 1.45. The molecule has 140 valence electrons. The molecule has 7 heteroatoms. The number of amides is 1. The van der Waals surface area contributed by atoms with Crippen LogP contribution < -0.4 is 5.32 Å². The SMILES string of the molecule is CCC[C@H](C)NC(=O)COC(=O)c1[nH]c(C)c(C(=O)OC(C)C)c1C. The van der Waals surface area contributed by atoms with Gasteiger partial charge in [-0.05, 0) is 46.6 Å². The summed E-state index contributed by atoms with van der Waals surface area (Å²) in [6.45, 7) is 10.4. The van der Waals surface area contributed by atoms with Gasteiger partial charge in [0.05, 0.1) is 11.7 Å². The Labute approximate surface area is 148 Å². The van der Waals surface area contributed by atoms with Gasteiger partial charge in [0, 0.05) is 11.7 Å². The lowest BCUT2D eigenvalue weighted by molar-refractivity contribution is -0.124. The zero-order chi connectivity index (χ0) is 19.1. The highest BCUT2D eigenvalue weighted by molar-refractivity contribution is 5.99. The normalized spacial score (nSPS) is 12.0. The van der Waals surface area contributed by atoms with Crippen molar-refractivity contribution in [1.29, 1.82) is 0 Å². The van der Waals surface area contributed by atoms with E-state index in [-0.39, 0.29) is 30.4 Å². The number of rotatable bonds is 8. The van der Waals surface area contributed by atoms with Crippen molar-refractivity contribution in [3.63, 3.8) is 0 Å². The predicted molar refractivity (Wildman–Crippen MR) is 93.6 cm³/mol. The van der Waals surface area contributed by atoms with Crippen molar-refractivity contribution >= 4 is 17.8 Å². The zero-order valence-corrected chi connectivity index (χ0v) is 15.8. The first-order valence-corrected chi connectivity index (χ1v) is 8.53. The number of carbonyl (C=O) groups excluding carboxylic acids is 3. The first kappa shape index (κ1) is 20.7. The fourth-order valence-corrected chi connectivity index (χ4v) is 2.56. The molecule has 1 aromatic rings. The van der Waals surface area contributed by atoms with Gasteiger partial charge in [0.1, 0.15) is 5.69 Å². The Morgan fingerprint density at radius 2 is 1.76 bits per heavy atom. The van der Waals surface area contributed by atoms with Crippen molar-refractivity contribution in [3.8, 4) is 0 Å². The average Bonchev–Trinajstić information content (AvgIpc) is 2.79. The van der Waals surface area contributed by atoms with E-state index in [1.54, 1.807) is 27.7 Å². The lowest BCUT2D eigenvalue weighted by Crippen LogP contribution is -2.35. The summed E-state index contributed by atoms with van der Waals surface area (Å²) in [5.74, 6) is -1.52. The Hall–Kier alpha value is -2.31. The molecule has 1 heterocycles. The third-order valence-corrected chi connectivity index (χ3v) is 3.65. The molecular weight excluding hydrogens is 324 g/mol. The minimum Gasteiger partial charge on any atom is -0.459 e. The van der Waals surface area contributed by atoms with Crippen LogP contribution in [0.4, 0.5) is 0 Å². The topological polar surface area (TPSA) is 97.5 Å². The number of hydrogen-bond donors (Lipinski definition) is 2. The lowest BCUT2D eigenvalue weighted by Gasteiger charge is -2.12. The highest BCUT2D eigenvalue weighted by atomic mass is 16.5. The molecule has 1 rings (SSSR count). The largest absolute Gasteiger partial charge is 0.459 e. The summed E-state index contributed by atoms with van der Waals surface area (Å²) in [4.78, 5) is 39.0. The monoisotopic (exact) mass is 352 g/mol. The molecule has 0 aliphatic rings. The van der Waals surface area contributed by atoms with Crippen LogP contribution in [0.15, 0.2) is 0 Å². The van der Waals surface area contributed by atoms with Gasteiger partial charge in [-0.2, -0.15) is 0 Å². The van der Waals surface area contributed by atoms with Gasteiger partial charge in [-0.3, -0.25) is 4.79 Å². The Kier molecular flexibility index (Phi) is 7.67. The molecule has 0 fully saturated rings. The van der Waals surface area contributed by atoms with E-state index >= 15 is 0 Å². The molecule has 0 saturated heterocycles. The summed E-state index contributed by atoms with van der Waals surface area (Å²) in [7, 11) is 0. The number of aromatic amines is 1. The van der Waals surface area contributed by atoms with Crippen LogP contribution >= 0.6 is 0 Å². The second-order valence-corrected chi connectivity index (χ2v) is 6.41. The maximum atomic E-state index is 12.2. The molecule has 0 aliphatic heterocycles. The summed E-state index contributed by atoms with van der Waals surface area (Å²) in [6.07, 6.45) is 1.55. The highest BCUT2D eigenvalue weighted by Crippen LogP contribution is 2.20. The smallest absolute Gasteiger partial charge is 0.355 e. The van der Waals surface area contributed by atoms with E-state index in [1.807, 2.05) is 13.8 Å². The molecule has 1 atom stereocenters. The van der Waals surface area contributed by atoms with Crippen LogP contribution in [-0.4, -0.2) is 41.6 Å². The number of H-pyrrole nitrogens is 1. The maximum absolute atomic E-state index is 12.2. The van der Waals surface area contributed by atoms with Gasteiger partial charge >= 0.3 is 11.9 Å². The summed E-state index contributed by atoms with van der Waals surface area (Å²) < 4.78 is 10.2. The quantitative estimate of drug-likeness (QED) is 0.701. The Morgan fingerprint density at radius 1 is 1.12 bits per heavy atom. The molecule has 0 unspecified atom stereocenters. The Morgan fingerprint density at radius 3 is 2.32 bits per heavy atom. The number of carbonyl (C=O) groups is 3. The standard InChI is InChI=1S/C18H28N2O5/c1-7-8-11(4)19-14(21)9-24-18(23)16-12(5)15(13(6)20-16)17(22)25-10(2)3/h10-11,20H,7-9H2,1-6H3,(H,19,21)/t11-/m0/s1. The van der Waals surface area contributed by atoms with Crippen molar-refractivity contribution in [3.05, 3.63) is 22.5 Å². The number of nitrogens with one attached hydrogen (secondary N) is 2. The van der Waals surface area contributed by atoms with Crippen molar-refractivity contribution in [2.75, 3.05) is 6.61 Å². The van der Waals surface area contributed by atoms with Gasteiger partial charge in [0.15, 0.2) is 6.61 Å². The average molecular weight is 352 g/mol. The third-order valence-electron chi connectivity index (χ3n) is 3.65. The van der Waals surface area contributed by atoms with Gasteiger partial charge in [-0.1, -0.05) is 13.3 Å². The predicted octanol–water partition coefficient (Wildman–Crippen LogP) is 2.66. The number of esters is 2. The fourth-order valence-electron chi connectivity index (χ4n) is 2.56. The van der Waals surface area contributed by atoms with Gasteiger partial charge in [0.2, 0.25) is 0 Å². The maximum Gasteiger partial charge on any atom is 0.355 e. The van der Waals surface area contributed by atoms with Crippen LogP contribution in [0.3, 0.4) is 0 Å². The van der Waals surface area contributed by atoms with Gasteiger partial charge < -0.3 is 19.8 Å². The molecule has 0 radical (unpaired) electrons. The number of hydrogen-bond acceptors (Lipinski definition) is 5. The van der Waals surface area contributed by atoms with E-state index in [0.29, 0.717) is 16.8 Å². The molecule has 0 bridgehead atoms. The zero-order valence-electron chi connectivity index (χ0n) is 15.8. The molecule has 0 spiro atoms. The minimum atomic E-state index is -0.678. The van der Waals surface area contributed by atoms with E-state index in [0.717, 1.165) is 12.8 Å². The van der Waals surface area contributed by atoms with Crippen LogP contribution in [0.5, 0.6) is 0 Å². The van der Waals surface area contributed by atoms with Crippen molar-refractivity contribution in [1.82, 2.24) is 10.3 Å². The van der Waals surface area contributed by atoms with Crippen LogP contribution in [0.1, 0.15) is 72.6 Å². The fraction of sp³-hybridized carbons (Fsp3) is 0.611. The number of aromatic nitrogens is 1. The Bertz CT molecular complexity index is 634. The molecule has 7 nitrogen and oxygen atoms in total. The van der Waals surface area contributed by atoms with Gasteiger partial charge in [-0.25, -0.2) is 9.59 Å². The van der Waals surface area contributed by atoms with E-state index < -0.39 is 11.9 Å². The van der Waals surface area contributed by atoms with E-state index in [2.05, 4.69) is 10.3 Å². The molecule has 25 heavy (non-hydrogen) atoms. The molecule has 2 N–H and O–H groups in total. The summed E-state index contributed by atoms with van der Waals surface area (Å²) in [6, 6.07) is 0.0306. The summed E-state index contributed by atoms with van der Waals surface area (Å²) >= 11 is 0. The van der Waals surface area contributed by atoms with Gasteiger partial charge in [-0.15, -0.1) is 0 Å². The van der Waals surface area contributed by atoms with Crippen LogP contribution in [0.2, 0.25) is 0 Å². The number of ether oxygens (including phenoxy) is 2. The molecular formula is C18H28N2O5. The minimum absolute atomic E-state index is 0.0306. The van der Waals surface area contributed by atoms with E-state index in [9.17, 15) is 14.4 Å². The number of aryl methyl sites for hydroxylation is 1. The van der Waals surface area contributed by atoms with E-state index in [1.165, 1.54) is 0 Å². The van der Waals surface area contributed by atoms with Crippen LogP contribution in [0.25, 0.3) is 0 Å². The molecule has 0 aromatic carbocycles. The molecule has 0 aliphatic carbocycles. The molecule has 0 saturated carbocycles. The van der Waals surface area contributed by atoms with Crippen molar-refractivity contribution < 1.29 is 23.9 Å². The van der Waals surface area contributed by atoms with Gasteiger partial charge in [0.25, 0.3) is 5.91 Å². The summed E-state index contributed by atoms with van der Waals surface area (Å²) in [5, 5.41) is 2.76. The van der Waals surface area contributed by atoms with Crippen molar-refractivity contribution in [2.45, 2.75) is 66.5 Å². The highest BCUT2D eigenvalue weighted by Gasteiger charge is 2.24. The van der Waals surface area contributed by atoms with Crippen LogP contribution in [0, 0.1) is 13.8 Å². The first-order chi connectivity index (χ1) is 11.7. The first-order valence-electron chi connectivity index (χ1n) is 8.53. The second-order valence-electron chi connectivity index (χ2n) is 6.41. The Balaban J connectivity index is 2.74. The lowest BCUT2D eigenvalue weighted by atomic mass is 10.1. The second kappa shape index (κ2) is 9.25. The molecule has 1 amide bonds. The van der Waals surface area contributed by atoms with E-state index in [4.69, 9.17) is 9.47 Å².